The Morgan fingerprint density at radius 1 is 1.04 bits per heavy atom. The Hall–Kier alpha value is -1.84. The minimum absolute atomic E-state index is 0.365. The molecular formula is C21H26N2O. The van der Waals surface area contributed by atoms with E-state index in [1.807, 2.05) is 6.07 Å². The molecule has 1 heterocycles. The van der Waals surface area contributed by atoms with Crippen molar-refractivity contribution >= 4 is 11.4 Å². The van der Waals surface area contributed by atoms with Gasteiger partial charge in [0.2, 0.25) is 0 Å². The van der Waals surface area contributed by atoms with Crippen LogP contribution in [0.1, 0.15) is 31.2 Å². The zero-order valence-corrected chi connectivity index (χ0v) is 14.4. The van der Waals surface area contributed by atoms with Crippen LogP contribution in [0.4, 0.5) is 11.4 Å². The summed E-state index contributed by atoms with van der Waals surface area (Å²) in [6.07, 6.45) is 4.32. The predicted molar refractivity (Wildman–Crippen MR) is 98.6 cm³/mol. The van der Waals surface area contributed by atoms with Gasteiger partial charge < -0.3 is 10.0 Å². The first kappa shape index (κ1) is 15.7. The molecule has 0 amide bonds. The first-order chi connectivity index (χ1) is 11.7. The Morgan fingerprint density at radius 2 is 1.71 bits per heavy atom. The second-order valence-electron chi connectivity index (χ2n) is 7.29. The molecule has 1 aliphatic heterocycles. The number of anilines is 2. The quantitative estimate of drug-likeness (QED) is 0.903. The molecule has 3 heteroatoms. The van der Waals surface area contributed by atoms with Crippen LogP contribution in [0.25, 0.3) is 0 Å². The molecule has 126 valence electrons. The van der Waals surface area contributed by atoms with Gasteiger partial charge in [0.05, 0.1) is 5.60 Å². The lowest BCUT2D eigenvalue weighted by molar-refractivity contribution is 0.0481. The Balaban J connectivity index is 1.44. The molecule has 2 fully saturated rings. The van der Waals surface area contributed by atoms with Crippen LogP contribution < -0.4 is 4.90 Å². The minimum Gasteiger partial charge on any atom is -0.388 e. The summed E-state index contributed by atoms with van der Waals surface area (Å²) in [4.78, 5) is 4.68. The number of hydrogen-bond donors (Lipinski definition) is 1. The van der Waals surface area contributed by atoms with E-state index in [0.29, 0.717) is 6.04 Å². The molecule has 1 N–H and O–H groups in total. The van der Waals surface area contributed by atoms with Gasteiger partial charge in [-0.2, -0.15) is 0 Å². The van der Waals surface area contributed by atoms with Crippen molar-refractivity contribution in [2.45, 2.75) is 43.9 Å². The highest BCUT2D eigenvalue weighted by molar-refractivity contribution is 5.62. The standard InChI is InChI=1S/C21H26N2O/c1-22(18-6-3-2-4-7-18)19-11-9-17(10-12-19)16-23-15-5-8-20(23)21(24)13-14-21/h2-4,6-7,9-12,20,24H,5,8,13-16H2,1H3. The monoisotopic (exact) mass is 322 g/mol. The third-order valence-electron chi connectivity index (χ3n) is 5.60. The van der Waals surface area contributed by atoms with Crippen LogP contribution in [0, 0.1) is 0 Å². The van der Waals surface area contributed by atoms with E-state index in [4.69, 9.17) is 0 Å². The molecule has 0 aromatic heterocycles. The van der Waals surface area contributed by atoms with Gasteiger partial charge >= 0.3 is 0 Å². The average Bonchev–Trinajstić information content (AvgIpc) is 3.19. The number of nitrogens with zero attached hydrogens (tertiary/aromatic N) is 2. The van der Waals surface area contributed by atoms with Gasteiger partial charge in [0.15, 0.2) is 0 Å². The summed E-state index contributed by atoms with van der Waals surface area (Å²) in [6.45, 7) is 2.06. The third-order valence-corrected chi connectivity index (χ3v) is 5.60. The first-order valence-corrected chi connectivity index (χ1v) is 9.00. The van der Waals surface area contributed by atoms with Gasteiger partial charge in [0.25, 0.3) is 0 Å². The largest absolute Gasteiger partial charge is 0.388 e. The van der Waals surface area contributed by atoms with Crippen LogP contribution in [-0.4, -0.2) is 35.2 Å². The molecule has 1 atom stereocenters. The number of aliphatic hydroxyl groups is 1. The smallest absolute Gasteiger partial charge is 0.0804 e. The van der Waals surface area contributed by atoms with Crippen LogP contribution in [0.2, 0.25) is 0 Å². The molecule has 0 bridgehead atoms. The molecule has 2 aromatic rings. The number of para-hydroxylation sites is 1. The van der Waals surface area contributed by atoms with E-state index in [0.717, 1.165) is 32.4 Å². The van der Waals surface area contributed by atoms with Gasteiger partial charge in [0.1, 0.15) is 0 Å². The van der Waals surface area contributed by atoms with E-state index in [1.54, 1.807) is 0 Å². The van der Waals surface area contributed by atoms with Crippen molar-refractivity contribution in [3.8, 4) is 0 Å². The maximum absolute atomic E-state index is 10.5. The number of benzene rings is 2. The van der Waals surface area contributed by atoms with E-state index >= 15 is 0 Å². The van der Waals surface area contributed by atoms with E-state index in [-0.39, 0.29) is 5.60 Å². The zero-order valence-electron chi connectivity index (χ0n) is 14.4. The molecule has 4 rings (SSSR count). The molecule has 24 heavy (non-hydrogen) atoms. The van der Waals surface area contributed by atoms with Gasteiger partial charge in [-0.1, -0.05) is 30.3 Å². The minimum atomic E-state index is -0.385. The Bertz CT molecular complexity index is 679. The summed E-state index contributed by atoms with van der Waals surface area (Å²) in [5.74, 6) is 0. The molecular weight excluding hydrogens is 296 g/mol. The van der Waals surface area contributed by atoms with Crippen molar-refractivity contribution < 1.29 is 5.11 Å². The van der Waals surface area contributed by atoms with Crippen molar-refractivity contribution in [3.05, 3.63) is 60.2 Å². The highest BCUT2D eigenvalue weighted by atomic mass is 16.3. The highest BCUT2D eigenvalue weighted by Crippen LogP contribution is 2.45. The van der Waals surface area contributed by atoms with Crippen LogP contribution in [-0.2, 0) is 6.54 Å². The molecule has 0 spiro atoms. The molecule has 0 radical (unpaired) electrons. The summed E-state index contributed by atoms with van der Waals surface area (Å²) in [6, 6.07) is 19.6. The van der Waals surface area contributed by atoms with Crippen molar-refractivity contribution in [2.24, 2.45) is 0 Å². The predicted octanol–water partition coefficient (Wildman–Crippen LogP) is 3.94. The molecule has 1 unspecified atom stereocenters. The molecule has 1 saturated heterocycles. The van der Waals surface area contributed by atoms with Gasteiger partial charge in [-0.15, -0.1) is 0 Å². The van der Waals surface area contributed by atoms with E-state index in [9.17, 15) is 5.11 Å². The van der Waals surface area contributed by atoms with Gasteiger partial charge in [-0.05, 0) is 62.1 Å². The van der Waals surface area contributed by atoms with Crippen LogP contribution in [0.15, 0.2) is 54.6 Å². The first-order valence-electron chi connectivity index (χ1n) is 9.00. The Morgan fingerprint density at radius 3 is 2.38 bits per heavy atom. The summed E-state index contributed by atoms with van der Waals surface area (Å²) in [5, 5.41) is 10.5. The van der Waals surface area contributed by atoms with Crippen molar-refractivity contribution in [3.63, 3.8) is 0 Å². The second-order valence-corrected chi connectivity index (χ2v) is 7.29. The second kappa shape index (κ2) is 6.23. The maximum atomic E-state index is 10.5. The highest BCUT2D eigenvalue weighted by Gasteiger charge is 2.51. The lowest BCUT2D eigenvalue weighted by Crippen LogP contribution is -2.40. The normalized spacial score (nSPS) is 22.5. The summed E-state index contributed by atoms with van der Waals surface area (Å²) >= 11 is 0. The fourth-order valence-electron chi connectivity index (χ4n) is 3.95. The SMILES string of the molecule is CN(c1ccccc1)c1ccc(CN2CCCC2C2(O)CC2)cc1. The van der Waals surface area contributed by atoms with Crippen LogP contribution >= 0.6 is 0 Å². The topological polar surface area (TPSA) is 26.7 Å². The van der Waals surface area contributed by atoms with Crippen LogP contribution in [0.5, 0.6) is 0 Å². The van der Waals surface area contributed by atoms with Crippen molar-refractivity contribution in [2.75, 3.05) is 18.5 Å². The molecule has 1 saturated carbocycles. The van der Waals surface area contributed by atoms with Crippen molar-refractivity contribution in [1.82, 2.24) is 4.90 Å². The Labute approximate surface area is 144 Å². The fourth-order valence-corrected chi connectivity index (χ4v) is 3.95. The summed E-state index contributed by atoms with van der Waals surface area (Å²) in [5.41, 5.74) is 3.34. The lowest BCUT2D eigenvalue weighted by atomic mass is 10.1. The van der Waals surface area contributed by atoms with Crippen molar-refractivity contribution in [1.29, 1.82) is 0 Å². The number of rotatable bonds is 5. The van der Waals surface area contributed by atoms with E-state index < -0.39 is 0 Å². The number of hydrogen-bond acceptors (Lipinski definition) is 3. The van der Waals surface area contributed by atoms with Gasteiger partial charge in [-0.3, -0.25) is 4.90 Å². The van der Waals surface area contributed by atoms with Gasteiger partial charge in [-0.25, -0.2) is 0 Å². The number of likely N-dealkylation sites (tertiary alicyclic amines) is 1. The lowest BCUT2D eigenvalue weighted by Gasteiger charge is -2.29. The third kappa shape index (κ3) is 3.06. The van der Waals surface area contributed by atoms with E-state index in [1.165, 1.54) is 23.4 Å². The maximum Gasteiger partial charge on any atom is 0.0804 e. The average molecular weight is 322 g/mol. The fraction of sp³-hybridized carbons (Fsp3) is 0.429. The zero-order chi connectivity index (χ0) is 16.6. The summed E-state index contributed by atoms with van der Waals surface area (Å²) < 4.78 is 0. The van der Waals surface area contributed by atoms with Gasteiger partial charge in [0, 0.05) is 31.0 Å². The molecule has 3 nitrogen and oxygen atoms in total. The molecule has 1 aliphatic carbocycles. The van der Waals surface area contributed by atoms with E-state index in [2.05, 4.69) is 65.4 Å². The summed E-state index contributed by atoms with van der Waals surface area (Å²) in [7, 11) is 2.10. The van der Waals surface area contributed by atoms with Crippen LogP contribution in [0.3, 0.4) is 0 Å². The molecule has 2 aromatic carbocycles. The Kier molecular flexibility index (Phi) is 4.07. The molecule has 2 aliphatic rings.